The second kappa shape index (κ2) is 5.98. The van der Waals surface area contributed by atoms with Crippen molar-refractivity contribution in [2.75, 3.05) is 0 Å². The summed E-state index contributed by atoms with van der Waals surface area (Å²) in [6.07, 6.45) is 7.19. The topological polar surface area (TPSA) is 64.9 Å². The average Bonchev–Trinajstić information content (AvgIpc) is 2.97. The summed E-state index contributed by atoms with van der Waals surface area (Å²) in [6, 6.07) is 8.41. The lowest BCUT2D eigenvalue weighted by molar-refractivity contribution is 0.273. The molecule has 1 aromatic heterocycles. The van der Waals surface area contributed by atoms with Gasteiger partial charge >= 0.3 is 0 Å². The minimum Gasteiger partial charge on any atom is -0.339 e. The first-order chi connectivity index (χ1) is 10.2. The van der Waals surface area contributed by atoms with Gasteiger partial charge in [0.2, 0.25) is 5.89 Å². The number of rotatable bonds is 4. The Hall–Kier alpha value is -1.68. The Morgan fingerprint density at radius 3 is 2.67 bits per heavy atom. The SMILES string of the molecule is Cc1ccccc1CCc1nc(C2(N)CCCCC2)no1. The van der Waals surface area contributed by atoms with Gasteiger partial charge in [-0.25, -0.2) is 0 Å². The molecule has 3 rings (SSSR count). The summed E-state index contributed by atoms with van der Waals surface area (Å²) in [5, 5.41) is 4.14. The lowest BCUT2D eigenvalue weighted by Gasteiger charge is -2.29. The van der Waals surface area contributed by atoms with Crippen molar-refractivity contribution in [3.05, 3.63) is 47.1 Å². The van der Waals surface area contributed by atoms with Crippen LogP contribution in [0.5, 0.6) is 0 Å². The van der Waals surface area contributed by atoms with E-state index >= 15 is 0 Å². The summed E-state index contributed by atoms with van der Waals surface area (Å²) >= 11 is 0. The van der Waals surface area contributed by atoms with Crippen molar-refractivity contribution in [2.45, 2.75) is 57.4 Å². The molecule has 1 fully saturated rings. The summed E-state index contributed by atoms with van der Waals surface area (Å²) in [4.78, 5) is 4.55. The minimum absolute atomic E-state index is 0.372. The van der Waals surface area contributed by atoms with E-state index in [1.165, 1.54) is 17.5 Å². The van der Waals surface area contributed by atoms with Crippen molar-refractivity contribution in [3.8, 4) is 0 Å². The van der Waals surface area contributed by atoms with E-state index in [1.807, 2.05) is 0 Å². The highest BCUT2D eigenvalue weighted by Gasteiger charge is 2.34. The van der Waals surface area contributed by atoms with Gasteiger partial charge in [0.15, 0.2) is 5.82 Å². The zero-order chi connectivity index (χ0) is 14.7. The largest absolute Gasteiger partial charge is 0.339 e. The van der Waals surface area contributed by atoms with Crippen LogP contribution in [0.3, 0.4) is 0 Å². The number of benzene rings is 1. The third-order valence-corrected chi connectivity index (χ3v) is 4.53. The van der Waals surface area contributed by atoms with Crippen LogP contribution in [0.2, 0.25) is 0 Å². The number of nitrogens with two attached hydrogens (primary N) is 1. The second-order valence-corrected chi connectivity index (χ2v) is 6.16. The summed E-state index contributed by atoms with van der Waals surface area (Å²) in [6.45, 7) is 2.13. The first kappa shape index (κ1) is 14.3. The molecule has 0 atom stereocenters. The van der Waals surface area contributed by atoms with Gasteiger partial charge < -0.3 is 10.3 Å². The molecule has 2 aromatic rings. The minimum atomic E-state index is -0.372. The van der Waals surface area contributed by atoms with E-state index in [-0.39, 0.29) is 5.54 Å². The Labute approximate surface area is 125 Å². The van der Waals surface area contributed by atoms with E-state index in [0.717, 1.165) is 38.5 Å². The number of aryl methyl sites for hydroxylation is 3. The van der Waals surface area contributed by atoms with E-state index in [2.05, 4.69) is 41.3 Å². The van der Waals surface area contributed by atoms with Gasteiger partial charge in [0.1, 0.15) is 0 Å². The molecule has 0 spiro atoms. The van der Waals surface area contributed by atoms with Crippen molar-refractivity contribution in [1.29, 1.82) is 0 Å². The molecular weight excluding hydrogens is 262 g/mol. The number of hydrogen-bond acceptors (Lipinski definition) is 4. The van der Waals surface area contributed by atoms with Gasteiger partial charge in [0, 0.05) is 6.42 Å². The molecule has 1 saturated carbocycles. The second-order valence-electron chi connectivity index (χ2n) is 6.16. The fourth-order valence-corrected chi connectivity index (χ4v) is 3.10. The molecule has 112 valence electrons. The van der Waals surface area contributed by atoms with Crippen molar-refractivity contribution in [3.63, 3.8) is 0 Å². The van der Waals surface area contributed by atoms with E-state index < -0.39 is 0 Å². The number of aromatic nitrogens is 2. The maximum absolute atomic E-state index is 6.44. The summed E-state index contributed by atoms with van der Waals surface area (Å²) in [5.74, 6) is 1.39. The third kappa shape index (κ3) is 3.16. The Morgan fingerprint density at radius 2 is 1.90 bits per heavy atom. The van der Waals surface area contributed by atoms with Crippen LogP contribution in [-0.4, -0.2) is 10.1 Å². The van der Waals surface area contributed by atoms with Gasteiger partial charge in [-0.15, -0.1) is 0 Å². The van der Waals surface area contributed by atoms with Crippen LogP contribution < -0.4 is 5.73 Å². The molecule has 2 N–H and O–H groups in total. The highest BCUT2D eigenvalue weighted by Crippen LogP contribution is 2.33. The standard InChI is InChI=1S/C17H23N3O/c1-13-7-3-4-8-14(13)9-10-15-19-16(20-21-15)17(18)11-5-2-6-12-17/h3-4,7-8H,2,5-6,9-12,18H2,1H3. The van der Waals surface area contributed by atoms with Crippen LogP contribution in [-0.2, 0) is 18.4 Å². The fourth-order valence-electron chi connectivity index (χ4n) is 3.10. The van der Waals surface area contributed by atoms with Crippen LogP contribution in [0.15, 0.2) is 28.8 Å². The molecule has 4 nitrogen and oxygen atoms in total. The predicted molar refractivity (Wildman–Crippen MR) is 81.8 cm³/mol. The highest BCUT2D eigenvalue weighted by atomic mass is 16.5. The quantitative estimate of drug-likeness (QED) is 0.936. The third-order valence-electron chi connectivity index (χ3n) is 4.53. The van der Waals surface area contributed by atoms with Crippen LogP contribution in [0.1, 0.15) is 54.9 Å². The van der Waals surface area contributed by atoms with Gasteiger partial charge in [0.25, 0.3) is 0 Å². The Morgan fingerprint density at radius 1 is 1.14 bits per heavy atom. The van der Waals surface area contributed by atoms with Gasteiger partial charge in [-0.2, -0.15) is 4.98 Å². The van der Waals surface area contributed by atoms with E-state index in [1.54, 1.807) is 0 Å². The van der Waals surface area contributed by atoms with Crippen LogP contribution in [0.25, 0.3) is 0 Å². The molecule has 0 radical (unpaired) electrons. The maximum atomic E-state index is 6.44. The Bertz CT molecular complexity index is 600. The lowest BCUT2D eigenvalue weighted by atomic mass is 9.82. The van der Waals surface area contributed by atoms with Crippen molar-refractivity contribution < 1.29 is 4.52 Å². The van der Waals surface area contributed by atoms with Gasteiger partial charge in [-0.05, 0) is 37.3 Å². The molecule has 0 aliphatic heterocycles. The average molecular weight is 285 g/mol. The number of nitrogens with zero attached hydrogens (tertiary/aromatic N) is 2. The van der Waals surface area contributed by atoms with Crippen molar-refractivity contribution in [1.82, 2.24) is 10.1 Å². The Balaban J connectivity index is 1.67. The summed E-state index contributed by atoms with van der Waals surface area (Å²) < 4.78 is 5.40. The molecule has 1 aliphatic carbocycles. The molecule has 1 aromatic carbocycles. The zero-order valence-electron chi connectivity index (χ0n) is 12.6. The van der Waals surface area contributed by atoms with Crippen molar-refractivity contribution in [2.24, 2.45) is 5.73 Å². The highest BCUT2D eigenvalue weighted by molar-refractivity contribution is 5.25. The van der Waals surface area contributed by atoms with E-state index in [0.29, 0.717) is 11.7 Å². The van der Waals surface area contributed by atoms with Crippen LogP contribution >= 0.6 is 0 Å². The normalized spacial score (nSPS) is 17.8. The summed E-state index contributed by atoms with van der Waals surface area (Å²) in [7, 11) is 0. The molecule has 0 saturated heterocycles. The van der Waals surface area contributed by atoms with E-state index in [4.69, 9.17) is 10.3 Å². The monoisotopic (exact) mass is 285 g/mol. The Kier molecular flexibility index (Phi) is 4.06. The van der Waals surface area contributed by atoms with Crippen LogP contribution in [0, 0.1) is 6.92 Å². The first-order valence-corrected chi connectivity index (χ1v) is 7.84. The number of hydrogen-bond donors (Lipinski definition) is 1. The predicted octanol–water partition coefficient (Wildman–Crippen LogP) is 3.28. The molecule has 0 amide bonds. The van der Waals surface area contributed by atoms with Gasteiger partial charge in [-0.3, -0.25) is 0 Å². The molecule has 4 heteroatoms. The maximum Gasteiger partial charge on any atom is 0.227 e. The summed E-state index contributed by atoms with van der Waals surface area (Å²) in [5.41, 5.74) is 8.70. The van der Waals surface area contributed by atoms with Gasteiger partial charge in [0.05, 0.1) is 5.54 Å². The molecule has 1 aliphatic rings. The van der Waals surface area contributed by atoms with E-state index in [9.17, 15) is 0 Å². The molecular formula is C17H23N3O. The smallest absolute Gasteiger partial charge is 0.227 e. The molecule has 1 heterocycles. The lowest BCUT2D eigenvalue weighted by Crippen LogP contribution is -2.39. The first-order valence-electron chi connectivity index (χ1n) is 7.84. The molecule has 0 unspecified atom stereocenters. The van der Waals surface area contributed by atoms with Crippen molar-refractivity contribution >= 4 is 0 Å². The van der Waals surface area contributed by atoms with Crippen LogP contribution in [0.4, 0.5) is 0 Å². The molecule has 0 bridgehead atoms. The van der Waals surface area contributed by atoms with Gasteiger partial charge in [-0.1, -0.05) is 48.7 Å². The molecule has 21 heavy (non-hydrogen) atoms. The zero-order valence-corrected chi connectivity index (χ0v) is 12.6. The fraction of sp³-hybridized carbons (Fsp3) is 0.529.